The number of amides is 1. The molecule has 0 N–H and O–H groups in total. The summed E-state index contributed by atoms with van der Waals surface area (Å²) in [4.78, 5) is 14.7. The van der Waals surface area contributed by atoms with Crippen LogP contribution in [0.2, 0.25) is 0 Å². The molecule has 4 rings (SSSR count). The molecule has 0 aliphatic carbocycles. The van der Waals surface area contributed by atoms with E-state index in [-0.39, 0.29) is 17.3 Å². The molecule has 3 aromatic carbocycles. The Morgan fingerprint density at radius 2 is 1.50 bits per heavy atom. The number of rotatable bonds is 3. The number of hydrogen-bond donors (Lipinski definition) is 0. The van der Waals surface area contributed by atoms with E-state index in [0.29, 0.717) is 16.9 Å². The van der Waals surface area contributed by atoms with E-state index in [1.165, 1.54) is 9.21 Å². The van der Waals surface area contributed by atoms with Crippen molar-refractivity contribution in [2.75, 3.05) is 17.9 Å². The molecular weight excluding hydrogens is 396 g/mol. The Hall–Kier alpha value is -3.38. The van der Waals surface area contributed by atoms with Gasteiger partial charge in [-0.25, -0.2) is 12.7 Å². The Balaban J connectivity index is 1.98. The maximum absolute atomic E-state index is 13.8. The molecule has 30 heavy (non-hydrogen) atoms. The molecule has 0 saturated carbocycles. The zero-order chi connectivity index (χ0) is 21.3. The third kappa shape index (κ3) is 3.62. The first-order chi connectivity index (χ1) is 14.4. The molecule has 0 radical (unpaired) electrons. The van der Waals surface area contributed by atoms with E-state index in [4.69, 9.17) is 0 Å². The summed E-state index contributed by atoms with van der Waals surface area (Å²) >= 11 is 0. The van der Waals surface area contributed by atoms with Crippen molar-refractivity contribution in [1.29, 1.82) is 0 Å². The number of hydrogen-bond acceptors (Lipinski definition) is 3. The lowest BCUT2D eigenvalue weighted by molar-refractivity contribution is 0.0811. The first-order valence-electron chi connectivity index (χ1n) is 9.60. The van der Waals surface area contributed by atoms with Crippen LogP contribution < -0.4 is 4.31 Å². The highest BCUT2D eigenvalue weighted by Crippen LogP contribution is 2.35. The molecule has 0 fully saturated rings. The number of para-hydroxylation sites is 1. The number of anilines is 1. The van der Waals surface area contributed by atoms with Crippen molar-refractivity contribution in [3.8, 4) is 0 Å². The van der Waals surface area contributed by atoms with Crippen molar-refractivity contribution in [1.82, 2.24) is 4.90 Å². The van der Waals surface area contributed by atoms with Crippen LogP contribution in [0.5, 0.6) is 0 Å². The second kappa shape index (κ2) is 7.80. The monoisotopic (exact) mass is 418 g/mol. The Morgan fingerprint density at radius 3 is 2.20 bits per heavy atom. The number of carbonyl (C=O) groups excluding carboxylic acids is 1. The van der Waals surface area contributed by atoms with Crippen molar-refractivity contribution in [3.63, 3.8) is 0 Å². The highest BCUT2D eigenvalue weighted by atomic mass is 32.2. The van der Waals surface area contributed by atoms with Crippen molar-refractivity contribution >= 4 is 27.7 Å². The average Bonchev–Trinajstić information content (AvgIpc) is 2.84. The van der Waals surface area contributed by atoms with Gasteiger partial charge in [0.15, 0.2) is 0 Å². The Kier molecular flexibility index (Phi) is 5.18. The number of fused-ring (bicyclic) bond motifs is 1. The summed E-state index contributed by atoms with van der Waals surface area (Å²) < 4.78 is 28.9. The lowest BCUT2D eigenvalue weighted by Crippen LogP contribution is -2.34. The lowest BCUT2D eigenvalue weighted by Gasteiger charge is -2.27. The van der Waals surface area contributed by atoms with Crippen molar-refractivity contribution in [2.24, 2.45) is 0 Å². The lowest BCUT2D eigenvalue weighted by atomic mass is 10.1. The highest BCUT2D eigenvalue weighted by Gasteiger charge is 2.35. The third-order valence-corrected chi connectivity index (χ3v) is 6.83. The maximum Gasteiger partial charge on any atom is 0.268 e. The van der Waals surface area contributed by atoms with Crippen LogP contribution in [0, 0.1) is 6.92 Å². The molecule has 5 nitrogen and oxygen atoms in total. The summed E-state index contributed by atoms with van der Waals surface area (Å²) in [7, 11) is -2.26. The van der Waals surface area contributed by atoms with E-state index >= 15 is 0 Å². The molecule has 1 heterocycles. The molecule has 1 aliphatic heterocycles. The molecule has 0 bridgehead atoms. The van der Waals surface area contributed by atoms with Gasteiger partial charge in [0.05, 0.1) is 28.4 Å². The van der Waals surface area contributed by atoms with Crippen LogP contribution in [0.25, 0.3) is 6.08 Å². The van der Waals surface area contributed by atoms with Gasteiger partial charge in [-0.3, -0.25) is 4.79 Å². The average molecular weight is 419 g/mol. The van der Waals surface area contributed by atoms with E-state index in [2.05, 4.69) is 0 Å². The van der Waals surface area contributed by atoms with Crippen LogP contribution in [0.4, 0.5) is 5.69 Å². The van der Waals surface area contributed by atoms with E-state index in [1.54, 1.807) is 55.6 Å². The summed E-state index contributed by atoms with van der Waals surface area (Å²) in [6.45, 7) is 2.07. The van der Waals surface area contributed by atoms with E-state index in [9.17, 15) is 13.2 Å². The van der Waals surface area contributed by atoms with Crippen LogP contribution in [-0.4, -0.2) is 32.8 Å². The molecule has 3 aromatic rings. The summed E-state index contributed by atoms with van der Waals surface area (Å²) in [6, 6.07) is 23.1. The standard InChI is InChI=1S/C24H22N2O3S/c1-18-12-14-21(15-13-18)30(28,29)26-20(16-19-8-4-3-5-9-19)17-25(2)24(27)22-10-6-7-11-23(22)26/h3-16H,17H2,1-2H3/b20-16+. The van der Waals surface area contributed by atoms with Gasteiger partial charge in [0.2, 0.25) is 0 Å². The summed E-state index contributed by atoms with van der Waals surface area (Å²) in [6.07, 6.45) is 1.82. The Bertz CT molecular complexity index is 1220. The SMILES string of the molecule is Cc1ccc(S(=O)(=O)N2/C(=C/c3ccccc3)CN(C)C(=O)c3ccccc32)cc1. The Morgan fingerprint density at radius 1 is 0.867 bits per heavy atom. The molecule has 1 amide bonds. The van der Waals surface area contributed by atoms with E-state index in [0.717, 1.165) is 11.1 Å². The fraction of sp³-hybridized carbons (Fsp3) is 0.125. The van der Waals surface area contributed by atoms with Crippen molar-refractivity contribution in [2.45, 2.75) is 11.8 Å². The zero-order valence-corrected chi connectivity index (χ0v) is 17.6. The fourth-order valence-corrected chi connectivity index (χ4v) is 5.04. The van der Waals surface area contributed by atoms with Gasteiger partial charge in [-0.05, 0) is 42.8 Å². The second-order valence-corrected chi connectivity index (χ2v) is 9.09. The van der Waals surface area contributed by atoms with Gasteiger partial charge in [-0.2, -0.15) is 0 Å². The normalized spacial score (nSPS) is 15.8. The van der Waals surface area contributed by atoms with Gasteiger partial charge in [0.1, 0.15) is 0 Å². The van der Waals surface area contributed by atoms with Gasteiger partial charge in [-0.15, -0.1) is 0 Å². The number of carbonyl (C=O) groups is 1. The van der Waals surface area contributed by atoms with E-state index < -0.39 is 10.0 Å². The second-order valence-electron chi connectivity index (χ2n) is 7.31. The molecule has 6 heteroatoms. The van der Waals surface area contributed by atoms with Gasteiger partial charge in [0, 0.05) is 7.05 Å². The van der Waals surface area contributed by atoms with Crippen LogP contribution in [0.1, 0.15) is 21.5 Å². The van der Waals surface area contributed by atoms with Gasteiger partial charge >= 0.3 is 0 Å². The van der Waals surface area contributed by atoms with Gasteiger partial charge in [-0.1, -0.05) is 60.2 Å². The molecule has 0 spiro atoms. The number of aryl methyl sites for hydroxylation is 1. The van der Waals surface area contributed by atoms with Crippen LogP contribution in [0.15, 0.2) is 89.5 Å². The molecule has 0 aromatic heterocycles. The minimum absolute atomic E-state index is 0.160. The van der Waals surface area contributed by atoms with Gasteiger partial charge < -0.3 is 4.90 Å². The number of nitrogens with zero attached hydrogens (tertiary/aromatic N) is 2. The van der Waals surface area contributed by atoms with E-state index in [1.807, 2.05) is 43.3 Å². The Labute approximate surface area is 176 Å². The minimum Gasteiger partial charge on any atom is -0.336 e. The molecule has 0 saturated heterocycles. The first kappa shape index (κ1) is 19.9. The highest BCUT2D eigenvalue weighted by molar-refractivity contribution is 7.93. The zero-order valence-electron chi connectivity index (χ0n) is 16.8. The van der Waals surface area contributed by atoms with Crippen molar-refractivity contribution in [3.05, 3.63) is 101 Å². The van der Waals surface area contributed by atoms with Crippen molar-refractivity contribution < 1.29 is 13.2 Å². The third-order valence-electron chi connectivity index (χ3n) is 5.05. The molecule has 0 atom stereocenters. The van der Waals surface area contributed by atoms with Gasteiger partial charge in [0.25, 0.3) is 15.9 Å². The summed E-state index contributed by atoms with van der Waals surface area (Å²) in [5.74, 6) is -0.217. The molecule has 0 unspecified atom stereocenters. The van der Waals surface area contributed by atoms with Crippen LogP contribution >= 0.6 is 0 Å². The smallest absolute Gasteiger partial charge is 0.268 e. The quantitative estimate of drug-likeness (QED) is 0.637. The summed E-state index contributed by atoms with van der Waals surface area (Å²) in [5, 5.41) is 0. The number of sulfonamides is 1. The first-order valence-corrected chi connectivity index (χ1v) is 11.0. The number of likely N-dealkylation sites (N-methyl/N-ethyl adjacent to an activating group) is 1. The molecule has 1 aliphatic rings. The largest absolute Gasteiger partial charge is 0.336 e. The molecular formula is C24H22N2O3S. The fourth-order valence-electron chi connectivity index (χ4n) is 3.52. The topological polar surface area (TPSA) is 57.7 Å². The van der Waals surface area contributed by atoms with Crippen LogP contribution in [0.3, 0.4) is 0 Å². The maximum atomic E-state index is 13.8. The predicted molar refractivity (Wildman–Crippen MR) is 119 cm³/mol. The molecule has 152 valence electrons. The summed E-state index contributed by atoms with van der Waals surface area (Å²) in [5.41, 5.74) is 3.04. The minimum atomic E-state index is -3.95. The predicted octanol–water partition coefficient (Wildman–Crippen LogP) is 4.32. The van der Waals surface area contributed by atoms with Crippen LogP contribution in [-0.2, 0) is 10.0 Å². The number of benzene rings is 3.